The van der Waals surface area contributed by atoms with Gasteiger partial charge >= 0.3 is 12.1 Å². The highest BCUT2D eigenvalue weighted by molar-refractivity contribution is 6.31. The second kappa shape index (κ2) is 13.2. The molecule has 3 aromatic rings. The first kappa shape index (κ1) is 33.9. The number of pyridine rings is 1. The van der Waals surface area contributed by atoms with Crippen LogP contribution in [-0.2, 0) is 20.7 Å². The molecule has 0 radical (unpaired) electrons. The molecule has 0 aliphatic heterocycles. The second-order valence-corrected chi connectivity index (χ2v) is 11.4. The number of nitrogens with zero attached hydrogens (tertiary/aromatic N) is 1. The van der Waals surface area contributed by atoms with Crippen LogP contribution in [0.3, 0.4) is 0 Å². The van der Waals surface area contributed by atoms with E-state index in [9.17, 15) is 32.3 Å². The lowest BCUT2D eigenvalue weighted by molar-refractivity contribution is -0.265. The van der Waals surface area contributed by atoms with Gasteiger partial charge in [0.25, 0.3) is 5.91 Å². The van der Waals surface area contributed by atoms with Crippen molar-refractivity contribution >= 4 is 23.5 Å². The van der Waals surface area contributed by atoms with Crippen molar-refractivity contribution in [2.45, 2.75) is 50.1 Å². The van der Waals surface area contributed by atoms with E-state index in [-0.39, 0.29) is 45.8 Å². The van der Waals surface area contributed by atoms with Gasteiger partial charge in [0.2, 0.25) is 5.60 Å². The summed E-state index contributed by atoms with van der Waals surface area (Å²) in [6, 6.07) is 10.1. The first-order chi connectivity index (χ1) is 21.1. The number of halogens is 5. The first-order valence-corrected chi connectivity index (χ1v) is 14.2. The number of methoxy groups -OCH3 is 2. The minimum Gasteiger partial charge on any atom is -0.493 e. The Balaban J connectivity index is 1.73. The molecule has 1 unspecified atom stereocenters. The summed E-state index contributed by atoms with van der Waals surface area (Å²) in [6.45, 7) is 1.59. The van der Waals surface area contributed by atoms with E-state index in [0.29, 0.717) is 5.75 Å². The van der Waals surface area contributed by atoms with E-state index in [1.165, 1.54) is 50.6 Å². The number of aromatic nitrogens is 1. The van der Waals surface area contributed by atoms with Crippen LogP contribution in [0.4, 0.5) is 17.6 Å². The molecule has 3 N–H and O–H groups in total. The van der Waals surface area contributed by atoms with Crippen molar-refractivity contribution < 1.29 is 46.5 Å². The molecule has 2 aromatic carbocycles. The lowest BCUT2D eigenvalue weighted by atomic mass is 9.88. The van der Waals surface area contributed by atoms with Crippen LogP contribution >= 0.6 is 11.6 Å². The van der Waals surface area contributed by atoms with E-state index in [4.69, 9.17) is 21.1 Å². The Bertz CT molecular complexity index is 1580. The second-order valence-electron chi connectivity index (χ2n) is 11.0. The number of amides is 1. The van der Waals surface area contributed by atoms with Crippen molar-refractivity contribution in [3.63, 3.8) is 0 Å². The van der Waals surface area contributed by atoms with Crippen LogP contribution < -0.4 is 20.1 Å². The minimum absolute atomic E-state index is 0.0315. The summed E-state index contributed by atoms with van der Waals surface area (Å²) in [7, 11) is 2.55. The highest BCUT2D eigenvalue weighted by Crippen LogP contribution is 2.41. The van der Waals surface area contributed by atoms with Crippen LogP contribution in [0.15, 0.2) is 48.5 Å². The number of ether oxygens (including phenoxy) is 3. The Morgan fingerprint density at radius 2 is 1.76 bits per heavy atom. The number of aliphatic hydroxyl groups is 1. The smallest absolute Gasteiger partial charge is 0.424 e. The summed E-state index contributed by atoms with van der Waals surface area (Å²) in [6.07, 6.45) is -3.52. The number of hydrogen-bond acceptors (Lipinski definition) is 8. The van der Waals surface area contributed by atoms with E-state index in [0.717, 1.165) is 25.0 Å². The molecule has 1 atom stereocenters. The van der Waals surface area contributed by atoms with Gasteiger partial charge in [-0.05, 0) is 80.8 Å². The highest BCUT2D eigenvalue weighted by Gasteiger charge is 2.56. The standard InChI is InChI=1S/C31H32ClF4N3O6/c1-29(2,38-15-27(40)44-4)19-13-23(17-5-9-22(33)21(32)11-17)39-26(14-19)30(42,31(34,35)36)16-37-28(41)18-6-10-24(25(12-18)43-3)45-20-7-8-20/h5-6,9-14,20,38,42H,7-8,15-16H2,1-4H3,(H,37,41). The lowest BCUT2D eigenvalue weighted by Gasteiger charge is -2.33. The molecule has 1 heterocycles. The minimum atomic E-state index is -5.33. The maximum Gasteiger partial charge on any atom is 0.424 e. The summed E-state index contributed by atoms with van der Waals surface area (Å²) in [5.74, 6) is -1.69. The average molecular weight is 654 g/mol. The predicted molar refractivity (Wildman–Crippen MR) is 157 cm³/mol. The molecule has 1 fully saturated rings. The lowest BCUT2D eigenvalue weighted by Crippen LogP contribution is -2.52. The topological polar surface area (TPSA) is 119 Å². The van der Waals surface area contributed by atoms with Gasteiger partial charge in [-0.2, -0.15) is 13.2 Å². The Morgan fingerprint density at radius 3 is 2.36 bits per heavy atom. The van der Waals surface area contributed by atoms with Crippen LogP contribution in [-0.4, -0.2) is 61.6 Å². The Morgan fingerprint density at radius 1 is 1.04 bits per heavy atom. The zero-order valence-electron chi connectivity index (χ0n) is 24.9. The SMILES string of the molecule is COC(=O)CNC(C)(C)c1cc(-c2ccc(F)c(Cl)c2)nc(C(O)(CNC(=O)c2ccc(OC3CC3)c(OC)c2)C(F)(F)F)c1. The van der Waals surface area contributed by atoms with Crippen molar-refractivity contribution in [2.75, 3.05) is 27.3 Å². The van der Waals surface area contributed by atoms with Crippen LogP contribution in [0.5, 0.6) is 11.5 Å². The molecule has 1 aliphatic carbocycles. The maximum absolute atomic E-state index is 14.7. The molecule has 4 rings (SSSR count). The number of esters is 1. The number of benzene rings is 2. The number of nitrogens with one attached hydrogen (secondary N) is 2. The predicted octanol–water partition coefficient (Wildman–Crippen LogP) is 5.27. The molecule has 45 heavy (non-hydrogen) atoms. The molecule has 1 aliphatic rings. The van der Waals surface area contributed by atoms with Crippen molar-refractivity contribution in [1.82, 2.24) is 15.6 Å². The van der Waals surface area contributed by atoms with Crippen LogP contribution in [0.1, 0.15) is 48.3 Å². The Kier molecular flexibility index (Phi) is 9.95. The molecule has 9 nitrogen and oxygen atoms in total. The van der Waals surface area contributed by atoms with E-state index < -0.39 is 47.2 Å². The average Bonchev–Trinajstić information content (AvgIpc) is 3.83. The molecule has 242 valence electrons. The van der Waals surface area contributed by atoms with E-state index in [1.807, 2.05) is 0 Å². The normalized spacial score (nSPS) is 14.8. The van der Waals surface area contributed by atoms with E-state index in [2.05, 4.69) is 20.4 Å². The third-order valence-corrected chi connectivity index (χ3v) is 7.60. The quantitative estimate of drug-likeness (QED) is 0.179. The molecule has 1 saturated carbocycles. The van der Waals surface area contributed by atoms with Gasteiger partial charge in [-0.25, -0.2) is 9.37 Å². The Labute approximate surface area is 261 Å². The van der Waals surface area contributed by atoms with Crippen LogP contribution in [0, 0.1) is 5.82 Å². The molecule has 0 saturated heterocycles. The van der Waals surface area contributed by atoms with Crippen molar-refractivity contribution in [3.05, 3.63) is 76.2 Å². The van der Waals surface area contributed by atoms with E-state index in [1.54, 1.807) is 13.8 Å². The molecular weight excluding hydrogens is 622 g/mol. The molecule has 0 bridgehead atoms. The van der Waals surface area contributed by atoms with Crippen LogP contribution in [0.2, 0.25) is 5.02 Å². The third-order valence-electron chi connectivity index (χ3n) is 7.31. The van der Waals surface area contributed by atoms with Gasteiger partial charge in [-0.15, -0.1) is 0 Å². The molecule has 1 aromatic heterocycles. The number of carbonyl (C=O) groups is 2. The summed E-state index contributed by atoms with van der Waals surface area (Å²) in [4.78, 5) is 28.9. The van der Waals surface area contributed by atoms with Gasteiger partial charge in [0.15, 0.2) is 11.5 Å². The molecule has 1 amide bonds. The maximum atomic E-state index is 14.7. The fourth-order valence-corrected chi connectivity index (χ4v) is 4.47. The number of rotatable bonds is 12. The van der Waals surface area contributed by atoms with Gasteiger partial charge in [-0.1, -0.05) is 11.6 Å². The fourth-order valence-electron chi connectivity index (χ4n) is 4.29. The summed E-state index contributed by atoms with van der Waals surface area (Å²) in [5, 5.41) is 16.0. The van der Waals surface area contributed by atoms with Gasteiger partial charge in [0, 0.05) is 16.7 Å². The van der Waals surface area contributed by atoms with Crippen LogP contribution in [0.25, 0.3) is 11.3 Å². The zero-order valence-corrected chi connectivity index (χ0v) is 25.6. The van der Waals surface area contributed by atoms with E-state index >= 15 is 0 Å². The number of carbonyl (C=O) groups excluding carboxylic acids is 2. The molecular formula is C31H32ClF4N3O6. The van der Waals surface area contributed by atoms with Gasteiger partial charge in [-0.3, -0.25) is 14.9 Å². The highest BCUT2D eigenvalue weighted by atomic mass is 35.5. The molecule has 14 heteroatoms. The summed E-state index contributed by atoms with van der Waals surface area (Å²) >= 11 is 5.94. The van der Waals surface area contributed by atoms with Gasteiger partial charge < -0.3 is 24.6 Å². The first-order valence-electron chi connectivity index (χ1n) is 13.8. The largest absolute Gasteiger partial charge is 0.493 e. The van der Waals surface area contributed by atoms with Gasteiger partial charge in [0.05, 0.1) is 49.8 Å². The van der Waals surface area contributed by atoms with Crippen molar-refractivity contribution in [3.8, 4) is 22.8 Å². The number of hydrogen-bond donors (Lipinski definition) is 3. The Hall–Kier alpha value is -3.94. The monoisotopic (exact) mass is 653 g/mol. The summed E-state index contributed by atoms with van der Waals surface area (Å²) < 4.78 is 73.6. The molecule has 0 spiro atoms. The number of alkyl halides is 3. The van der Waals surface area contributed by atoms with Gasteiger partial charge in [0.1, 0.15) is 5.82 Å². The summed E-state index contributed by atoms with van der Waals surface area (Å²) in [5.41, 5.74) is -5.49. The van der Waals surface area contributed by atoms with Crippen molar-refractivity contribution in [1.29, 1.82) is 0 Å². The van der Waals surface area contributed by atoms with Crippen molar-refractivity contribution in [2.24, 2.45) is 0 Å². The fraction of sp³-hybridized carbons (Fsp3) is 0.387. The third kappa shape index (κ3) is 7.84. The zero-order chi connectivity index (χ0) is 33.2.